The predicted octanol–water partition coefficient (Wildman–Crippen LogP) is 1.33. The molecule has 0 aromatic carbocycles. The monoisotopic (exact) mass is 148 g/mol. The SMILES string of the molecule is CC=CC=[P+]([O-])P=O. The highest BCUT2D eigenvalue weighted by Crippen LogP contribution is 2.25. The van der Waals surface area contributed by atoms with Crippen molar-refractivity contribution in [1.29, 1.82) is 0 Å². The van der Waals surface area contributed by atoms with Crippen molar-refractivity contribution in [3.05, 3.63) is 12.2 Å². The lowest BCUT2D eigenvalue weighted by Gasteiger charge is -1.75. The second-order valence-corrected chi connectivity index (χ2v) is 3.80. The number of hydrogen-bond donors (Lipinski definition) is 0. The Morgan fingerprint density at radius 2 is 2.38 bits per heavy atom. The Hall–Kier alpha value is -0.0300. The molecule has 0 saturated heterocycles. The molecular formula is C4H6O2P2. The molecule has 0 fully saturated rings. The van der Waals surface area contributed by atoms with E-state index >= 15 is 0 Å². The molecule has 0 saturated carbocycles. The Morgan fingerprint density at radius 1 is 1.75 bits per heavy atom. The van der Waals surface area contributed by atoms with E-state index in [0.717, 1.165) is 0 Å². The molecule has 0 aliphatic rings. The standard InChI is InChI=1S/C4H6O2P2/c1-2-3-4-8(6)7-5/h2-4H,1H3. The van der Waals surface area contributed by atoms with E-state index in [0.29, 0.717) is 0 Å². The molecule has 0 aromatic rings. The van der Waals surface area contributed by atoms with E-state index in [9.17, 15) is 9.46 Å². The first-order chi connectivity index (χ1) is 3.81. The summed E-state index contributed by atoms with van der Waals surface area (Å²) in [7, 11) is -1.92. The molecule has 44 valence electrons. The van der Waals surface area contributed by atoms with Gasteiger partial charge in [0, 0.05) is 0 Å². The quantitative estimate of drug-likeness (QED) is 0.554. The van der Waals surface area contributed by atoms with Gasteiger partial charge in [-0.3, -0.25) is 0 Å². The molecule has 0 aromatic heterocycles. The topological polar surface area (TPSA) is 40.1 Å². The maximum atomic E-state index is 10.3. The van der Waals surface area contributed by atoms with Gasteiger partial charge < -0.3 is 4.89 Å². The van der Waals surface area contributed by atoms with Crippen molar-refractivity contribution in [2.75, 3.05) is 0 Å². The first-order valence-electron chi connectivity index (χ1n) is 2.07. The molecule has 4 heteroatoms. The van der Waals surface area contributed by atoms with Crippen molar-refractivity contribution >= 4 is 21.4 Å². The minimum Gasteiger partial charge on any atom is -0.621 e. The number of rotatable bonds is 2. The van der Waals surface area contributed by atoms with Gasteiger partial charge in [0.25, 0.3) is 0 Å². The van der Waals surface area contributed by atoms with Crippen molar-refractivity contribution in [2.45, 2.75) is 6.92 Å². The van der Waals surface area contributed by atoms with Gasteiger partial charge in [-0.15, -0.1) is 0 Å². The van der Waals surface area contributed by atoms with Gasteiger partial charge in [-0.2, -0.15) is 0 Å². The summed E-state index contributed by atoms with van der Waals surface area (Å²) in [6.07, 6.45) is 3.35. The van der Waals surface area contributed by atoms with Crippen LogP contribution in [0.4, 0.5) is 0 Å². The molecule has 0 aliphatic heterocycles. The lowest BCUT2D eigenvalue weighted by molar-refractivity contribution is -0.147. The highest BCUT2D eigenvalue weighted by Gasteiger charge is 1.85. The summed E-state index contributed by atoms with van der Waals surface area (Å²) in [5.41, 5.74) is 0. The van der Waals surface area contributed by atoms with Crippen LogP contribution >= 0.6 is 15.6 Å². The number of hydrogen-bond acceptors (Lipinski definition) is 2. The number of allylic oxidation sites excluding steroid dienone is 2. The van der Waals surface area contributed by atoms with E-state index < -0.39 is 7.46 Å². The van der Waals surface area contributed by atoms with Crippen LogP contribution in [0.25, 0.3) is 0 Å². The fraction of sp³-hybridized carbons (Fsp3) is 0.250. The molecule has 0 N–H and O–H groups in total. The van der Waals surface area contributed by atoms with Gasteiger partial charge >= 0.3 is 8.15 Å². The summed E-state index contributed by atoms with van der Waals surface area (Å²) in [6.45, 7) is 1.81. The van der Waals surface area contributed by atoms with E-state index in [1.165, 1.54) is 5.80 Å². The van der Waals surface area contributed by atoms with E-state index in [1.807, 2.05) is 0 Å². The molecule has 0 aliphatic carbocycles. The molecule has 1 unspecified atom stereocenters. The predicted molar refractivity (Wildman–Crippen MR) is 35.4 cm³/mol. The molecule has 8 heavy (non-hydrogen) atoms. The van der Waals surface area contributed by atoms with Crippen molar-refractivity contribution in [3.8, 4) is 0 Å². The fourth-order valence-corrected chi connectivity index (χ4v) is 0.955. The average Bonchev–Trinajstić information content (AvgIpc) is 1.83. The molecule has 1 atom stereocenters. The van der Waals surface area contributed by atoms with Gasteiger partial charge in [-0.1, -0.05) is 6.08 Å². The summed E-state index contributed by atoms with van der Waals surface area (Å²) in [4.78, 5) is 10.3. The molecule has 0 rings (SSSR count). The Bertz CT molecular complexity index is 128. The fourth-order valence-electron chi connectivity index (χ4n) is 0.187. The Kier molecular flexibility index (Phi) is 5.09. The zero-order chi connectivity index (χ0) is 6.41. The van der Waals surface area contributed by atoms with E-state index in [-0.39, 0.29) is 8.15 Å². The second-order valence-electron chi connectivity index (χ2n) is 1.06. The van der Waals surface area contributed by atoms with Crippen LogP contribution in [0.5, 0.6) is 0 Å². The van der Waals surface area contributed by atoms with Crippen LogP contribution in [0, 0.1) is 0 Å². The molecular weight excluding hydrogens is 142 g/mol. The van der Waals surface area contributed by atoms with Crippen molar-refractivity contribution in [3.63, 3.8) is 0 Å². The minimum absolute atomic E-state index is 0.294. The summed E-state index contributed by atoms with van der Waals surface area (Å²) in [5.74, 6) is 1.41. The van der Waals surface area contributed by atoms with Crippen LogP contribution in [-0.2, 0) is 4.57 Å². The normalized spacial score (nSPS) is 13.5. The Morgan fingerprint density at radius 3 is 2.75 bits per heavy atom. The second kappa shape index (κ2) is 5.11. The molecule has 0 radical (unpaired) electrons. The van der Waals surface area contributed by atoms with Gasteiger partial charge in [0.15, 0.2) is 7.46 Å². The summed E-state index contributed by atoms with van der Waals surface area (Å²) >= 11 is 0. The molecule has 0 heterocycles. The van der Waals surface area contributed by atoms with Crippen LogP contribution in [0.2, 0.25) is 0 Å². The largest absolute Gasteiger partial charge is 0.621 e. The lowest BCUT2D eigenvalue weighted by Crippen LogP contribution is -1.79. The van der Waals surface area contributed by atoms with E-state index in [1.54, 1.807) is 19.1 Å². The third kappa shape index (κ3) is 4.14. The highest BCUT2D eigenvalue weighted by molar-refractivity contribution is 8.11. The summed E-state index contributed by atoms with van der Waals surface area (Å²) in [6, 6.07) is 0. The molecule has 0 spiro atoms. The van der Waals surface area contributed by atoms with Gasteiger partial charge in [0.05, 0.1) is 0 Å². The van der Waals surface area contributed by atoms with Crippen LogP contribution in [0.15, 0.2) is 12.2 Å². The van der Waals surface area contributed by atoms with E-state index in [4.69, 9.17) is 0 Å². The zero-order valence-electron chi connectivity index (χ0n) is 4.44. The average molecular weight is 148 g/mol. The third-order valence-corrected chi connectivity index (χ3v) is 1.96. The van der Waals surface area contributed by atoms with Crippen LogP contribution < -0.4 is 4.89 Å². The lowest BCUT2D eigenvalue weighted by atomic mass is 10.6. The van der Waals surface area contributed by atoms with Crippen LogP contribution in [0.3, 0.4) is 0 Å². The highest BCUT2D eigenvalue weighted by atomic mass is 32.0. The Balaban J connectivity index is 3.74. The van der Waals surface area contributed by atoms with Crippen molar-refractivity contribution in [2.24, 2.45) is 0 Å². The molecule has 0 amide bonds. The van der Waals surface area contributed by atoms with E-state index in [2.05, 4.69) is 0 Å². The Labute approximate surface area is 50.8 Å². The van der Waals surface area contributed by atoms with Crippen LogP contribution in [-0.4, -0.2) is 5.80 Å². The minimum atomic E-state index is -1.63. The van der Waals surface area contributed by atoms with Gasteiger partial charge in [0.1, 0.15) is 5.80 Å². The van der Waals surface area contributed by atoms with Gasteiger partial charge in [-0.05, 0) is 13.0 Å². The van der Waals surface area contributed by atoms with Gasteiger partial charge in [0.2, 0.25) is 0 Å². The molecule has 0 bridgehead atoms. The van der Waals surface area contributed by atoms with Gasteiger partial charge in [-0.25, -0.2) is 4.57 Å². The van der Waals surface area contributed by atoms with Crippen molar-refractivity contribution < 1.29 is 9.46 Å². The van der Waals surface area contributed by atoms with Crippen LogP contribution in [0.1, 0.15) is 6.92 Å². The van der Waals surface area contributed by atoms with Crippen molar-refractivity contribution in [1.82, 2.24) is 0 Å². The molecule has 2 nitrogen and oxygen atoms in total. The zero-order valence-corrected chi connectivity index (χ0v) is 6.23. The first-order valence-corrected chi connectivity index (χ1v) is 4.91. The smallest absolute Gasteiger partial charge is 0.406 e. The summed E-state index contributed by atoms with van der Waals surface area (Å²) in [5, 5.41) is 0. The maximum absolute atomic E-state index is 10.3. The first kappa shape index (κ1) is 7.97. The third-order valence-electron chi connectivity index (χ3n) is 0.487. The maximum Gasteiger partial charge on any atom is 0.406 e. The summed E-state index contributed by atoms with van der Waals surface area (Å²) < 4.78 is 9.76.